The Bertz CT molecular complexity index is 576. The summed E-state index contributed by atoms with van der Waals surface area (Å²) in [5.41, 5.74) is 7.96. The minimum absolute atomic E-state index is 0.0206. The number of methoxy groups -OCH3 is 1. The molecule has 0 aliphatic carbocycles. The molecule has 132 valence electrons. The predicted molar refractivity (Wildman–Crippen MR) is 94.1 cm³/mol. The molecular weight excluding hydrogens is 306 g/mol. The van der Waals surface area contributed by atoms with Crippen LogP contribution < -0.4 is 15.6 Å². The average Bonchev–Trinajstić information content (AvgIpc) is 3.00. The Balaban J connectivity index is 1.91. The molecular formula is C18H27N3O3. The number of hydrazine groups is 1. The average molecular weight is 333 g/mol. The van der Waals surface area contributed by atoms with Crippen molar-refractivity contribution in [1.82, 2.24) is 15.8 Å². The lowest BCUT2D eigenvalue weighted by Gasteiger charge is -2.21. The van der Waals surface area contributed by atoms with Crippen molar-refractivity contribution in [3.05, 3.63) is 42.0 Å². The van der Waals surface area contributed by atoms with Crippen LogP contribution in [0, 0.1) is 0 Å². The topological polar surface area (TPSA) is 62.8 Å². The van der Waals surface area contributed by atoms with E-state index in [9.17, 15) is 4.79 Å². The van der Waals surface area contributed by atoms with E-state index < -0.39 is 0 Å². The number of likely N-dealkylation sites (N-methyl/N-ethyl adjacent to an activating group) is 1. The molecule has 2 unspecified atom stereocenters. The minimum atomic E-state index is -0.0206. The molecule has 0 spiro atoms. The maximum atomic E-state index is 12.6. The van der Waals surface area contributed by atoms with Crippen LogP contribution in [0.25, 0.3) is 0 Å². The molecule has 1 aromatic rings. The van der Waals surface area contributed by atoms with Crippen LogP contribution >= 0.6 is 0 Å². The summed E-state index contributed by atoms with van der Waals surface area (Å²) in [4.78, 5) is 14.3. The second-order valence-corrected chi connectivity index (χ2v) is 6.33. The van der Waals surface area contributed by atoms with Crippen LogP contribution in [-0.2, 0) is 4.74 Å². The number of nitrogens with one attached hydrogen (secondary N) is 2. The fourth-order valence-electron chi connectivity index (χ4n) is 2.69. The van der Waals surface area contributed by atoms with Crippen molar-refractivity contribution in [3.63, 3.8) is 0 Å². The molecule has 1 aromatic carbocycles. The third-order valence-electron chi connectivity index (χ3n) is 3.84. The van der Waals surface area contributed by atoms with Crippen LogP contribution in [0.1, 0.15) is 23.7 Å². The highest BCUT2D eigenvalue weighted by Crippen LogP contribution is 2.16. The predicted octanol–water partition coefficient (Wildman–Crippen LogP) is 1.59. The molecule has 1 fully saturated rings. The highest BCUT2D eigenvalue weighted by molar-refractivity contribution is 5.94. The number of carbonyl (C=O) groups excluding carboxylic acids is 1. The lowest BCUT2D eigenvalue weighted by molar-refractivity contribution is 0.0782. The highest BCUT2D eigenvalue weighted by atomic mass is 16.5. The first-order valence-corrected chi connectivity index (χ1v) is 8.12. The third-order valence-corrected chi connectivity index (χ3v) is 3.84. The molecule has 2 rings (SSSR count). The van der Waals surface area contributed by atoms with E-state index in [0.29, 0.717) is 31.1 Å². The second-order valence-electron chi connectivity index (χ2n) is 6.33. The number of rotatable bonds is 8. The second kappa shape index (κ2) is 8.82. The molecule has 0 radical (unpaired) electrons. The molecule has 6 nitrogen and oxygen atoms in total. The minimum Gasteiger partial charge on any atom is -0.489 e. The summed E-state index contributed by atoms with van der Waals surface area (Å²) in [6, 6.07) is 7.75. The van der Waals surface area contributed by atoms with Crippen LogP contribution in [0.5, 0.6) is 5.75 Å². The summed E-state index contributed by atoms with van der Waals surface area (Å²) in [5, 5.41) is 0. The van der Waals surface area contributed by atoms with E-state index >= 15 is 0 Å². The Hall–Kier alpha value is -1.89. The summed E-state index contributed by atoms with van der Waals surface area (Å²) in [7, 11) is 3.50. The lowest BCUT2D eigenvalue weighted by atomic mass is 10.1. The van der Waals surface area contributed by atoms with Gasteiger partial charge in [0.2, 0.25) is 0 Å². The zero-order valence-electron chi connectivity index (χ0n) is 14.7. The number of hydrogen-bond acceptors (Lipinski definition) is 5. The summed E-state index contributed by atoms with van der Waals surface area (Å²) in [6.45, 7) is 7.45. The molecule has 1 aliphatic heterocycles. The van der Waals surface area contributed by atoms with Gasteiger partial charge in [-0.05, 0) is 37.1 Å². The van der Waals surface area contributed by atoms with Gasteiger partial charge in [-0.25, -0.2) is 0 Å². The molecule has 0 saturated carbocycles. The van der Waals surface area contributed by atoms with Crippen molar-refractivity contribution >= 4 is 5.91 Å². The van der Waals surface area contributed by atoms with Crippen molar-refractivity contribution in [1.29, 1.82) is 0 Å². The van der Waals surface area contributed by atoms with Gasteiger partial charge in [0.1, 0.15) is 12.4 Å². The fourth-order valence-corrected chi connectivity index (χ4v) is 2.69. The first-order chi connectivity index (χ1) is 11.5. The zero-order valence-corrected chi connectivity index (χ0v) is 14.7. The number of carbonyl (C=O) groups is 1. The maximum absolute atomic E-state index is 12.6. The molecule has 1 saturated heterocycles. The van der Waals surface area contributed by atoms with Crippen molar-refractivity contribution < 1.29 is 14.3 Å². The number of benzene rings is 1. The zero-order chi connectivity index (χ0) is 17.5. The van der Waals surface area contributed by atoms with Crippen LogP contribution in [-0.4, -0.2) is 56.8 Å². The summed E-state index contributed by atoms with van der Waals surface area (Å²) in [5.74, 6) is 0.658. The van der Waals surface area contributed by atoms with Crippen LogP contribution in [0.4, 0.5) is 0 Å². The van der Waals surface area contributed by atoms with Gasteiger partial charge in [0.25, 0.3) is 5.91 Å². The van der Waals surface area contributed by atoms with Gasteiger partial charge < -0.3 is 14.4 Å². The van der Waals surface area contributed by atoms with Gasteiger partial charge in [0.15, 0.2) is 0 Å². The standard InChI is InChI=1S/C18H27N3O3/c1-13(2)11-24-17-7-5-6-14(8-17)18(22)21(3)10-15-9-16(12-23-4)20-19-15/h5-8,15-16,19-20H,1,9-12H2,2-4H3. The Morgan fingerprint density at radius 2 is 2.12 bits per heavy atom. The SMILES string of the molecule is C=C(C)COc1cccc(C(=O)N(C)CC2CC(COC)NN2)c1. The molecule has 2 N–H and O–H groups in total. The van der Waals surface area contributed by atoms with Gasteiger partial charge in [-0.15, -0.1) is 0 Å². The van der Waals surface area contributed by atoms with Crippen LogP contribution in [0.3, 0.4) is 0 Å². The van der Waals surface area contributed by atoms with Gasteiger partial charge in [0, 0.05) is 38.3 Å². The van der Waals surface area contributed by atoms with E-state index in [2.05, 4.69) is 17.4 Å². The van der Waals surface area contributed by atoms with E-state index in [4.69, 9.17) is 9.47 Å². The van der Waals surface area contributed by atoms with E-state index in [0.717, 1.165) is 12.0 Å². The molecule has 2 atom stereocenters. The number of nitrogens with zero attached hydrogens (tertiary/aromatic N) is 1. The summed E-state index contributed by atoms with van der Waals surface area (Å²) in [6.07, 6.45) is 0.924. The first-order valence-electron chi connectivity index (χ1n) is 8.12. The highest BCUT2D eigenvalue weighted by Gasteiger charge is 2.26. The van der Waals surface area contributed by atoms with Crippen LogP contribution in [0.2, 0.25) is 0 Å². The molecule has 1 heterocycles. The Morgan fingerprint density at radius 3 is 2.83 bits per heavy atom. The molecule has 6 heteroatoms. The molecule has 0 bridgehead atoms. The van der Waals surface area contributed by atoms with Crippen molar-refractivity contribution in [2.75, 3.05) is 33.9 Å². The maximum Gasteiger partial charge on any atom is 0.253 e. The number of hydrogen-bond donors (Lipinski definition) is 2. The van der Waals surface area contributed by atoms with Crippen molar-refractivity contribution in [2.24, 2.45) is 0 Å². The van der Waals surface area contributed by atoms with Gasteiger partial charge in [-0.1, -0.05) is 12.6 Å². The third kappa shape index (κ3) is 5.33. The summed E-state index contributed by atoms with van der Waals surface area (Å²) < 4.78 is 10.8. The fraction of sp³-hybridized carbons (Fsp3) is 0.500. The number of amides is 1. The van der Waals surface area contributed by atoms with E-state index in [1.54, 1.807) is 24.1 Å². The van der Waals surface area contributed by atoms with Gasteiger partial charge in [0.05, 0.1) is 6.61 Å². The van der Waals surface area contributed by atoms with E-state index in [1.165, 1.54) is 0 Å². The van der Waals surface area contributed by atoms with Gasteiger partial charge in [-0.3, -0.25) is 15.6 Å². The summed E-state index contributed by atoms with van der Waals surface area (Å²) >= 11 is 0. The van der Waals surface area contributed by atoms with Crippen molar-refractivity contribution in [2.45, 2.75) is 25.4 Å². The van der Waals surface area contributed by atoms with E-state index in [-0.39, 0.29) is 18.0 Å². The first kappa shape index (κ1) is 18.4. The Kier molecular flexibility index (Phi) is 6.78. The van der Waals surface area contributed by atoms with E-state index in [1.807, 2.05) is 26.1 Å². The Labute approximate surface area is 143 Å². The molecule has 0 aromatic heterocycles. The number of ether oxygens (including phenoxy) is 2. The molecule has 1 aliphatic rings. The van der Waals surface area contributed by atoms with Crippen LogP contribution in [0.15, 0.2) is 36.4 Å². The van der Waals surface area contributed by atoms with Gasteiger partial charge in [-0.2, -0.15) is 0 Å². The Morgan fingerprint density at radius 1 is 1.38 bits per heavy atom. The molecule has 24 heavy (non-hydrogen) atoms. The lowest BCUT2D eigenvalue weighted by Crippen LogP contribution is -2.41. The quantitative estimate of drug-likeness (QED) is 0.708. The van der Waals surface area contributed by atoms with Gasteiger partial charge >= 0.3 is 0 Å². The normalized spacial score (nSPS) is 20.0. The smallest absolute Gasteiger partial charge is 0.253 e. The molecule has 1 amide bonds. The monoisotopic (exact) mass is 333 g/mol. The van der Waals surface area contributed by atoms with Crippen molar-refractivity contribution in [3.8, 4) is 5.75 Å². The largest absolute Gasteiger partial charge is 0.489 e.